The van der Waals surface area contributed by atoms with Crippen LogP contribution in [0.2, 0.25) is 0 Å². The van der Waals surface area contributed by atoms with E-state index < -0.39 is 0 Å². The Morgan fingerprint density at radius 2 is 1.60 bits per heavy atom. The predicted octanol–water partition coefficient (Wildman–Crippen LogP) is 5.09. The van der Waals surface area contributed by atoms with Crippen molar-refractivity contribution in [3.05, 3.63) is 84.1 Å². The maximum Gasteiger partial charge on any atom is 0.228 e. The zero-order valence-corrected chi connectivity index (χ0v) is 24.4. The Bertz CT molecular complexity index is 1550. The van der Waals surface area contributed by atoms with Crippen LogP contribution in [0.25, 0.3) is 10.9 Å². The summed E-state index contributed by atoms with van der Waals surface area (Å²) in [4.78, 5) is 36.3. The smallest absolute Gasteiger partial charge is 0.228 e. The number of carbonyl (C=O) groups excluding carboxylic acids is 2. The van der Waals surface area contributed by atoms with Crippen molar-refractivity contribution >= 4 is 40.0 Å². The first-order valence-corrected chi connectivity index (χ1v) is 14.5. The first-order chi connectivity index (χ1) is 20.4. The molecule has 42 heavy (non-hydrogen) atoms. The van der Waals surface area contributed by atoms with Gasteiger partial charge >= 0.3 is 0 Å². The number of likely N-dealkylation sites (N-methyl/N-ethyl adjacent to an activating group) is 1. The van der Waals surface area contributed by atoms with Crippen molar-refractivity contribution in [1.82, 2.24) is 20.2 Å². The van der Waals surface area contributed by atoms with Gasteiger partial charge in [-0.25, -0.2) is 9.97 Å². The van der Waals surface area contributed by atoms with Crippen molar-refractivity contribution < 1.29 is 14.3 Å². The Hall–Kier alpha value is -4.50. The van der Waals surface area contributed by atoms with Gasteiger partial charge in [0.15, 0.2) is 0 Å². The van der Waals surface area contributed by atoms with Gasteiger partial charge in [-0.15, -0.1) is 0 Å². The highest BCUT2D eigenvalue weighted by atomic mass is 16.5. The molecule has 1 aromatic heterocycles. The summed E-state index contributed by atoms with van der Waals surface area (Å²) in [5.74, 6) is 1.00. The maximum absolute atomic E-state index is 12.8. The van der Waals surface area contributed by atoms with Crippen molar-refractivity contribution in [3.8, 4) is 5.75 Å². The zero-order valence-electron chi connectivity index (χ0n) is 24.4. The van der Waals surface area contributed by atoms with Gasteiger partial charge in [0.05, 0.1) is 12.8 Å². The molecule has 3 N–H and O–H groups in total. The summed E-state index contributed by atoms with van der Waals surface area (Å²) >= 11 is 0. The largest absolute Gasteiger partial charge is 0.488 e. The summed E-state index contributed by atoms with van der Waals surface area (Å²) in [6.07, 6.45) is 4.41. The second-order valence-electron chi connectivity index (χ2n) is 10.9. The third-order valence-electron chi connectivity index (χ3n) is 7.48. The van der Waals surface area contributed by atoms with Gasteiger partial charge < -0.3 is 25.6 Å². The second kappa shape index (κ2) is 13.4. The van der Waals surface area contributed by atoms with Crippen molar-refractivity contribution in [2.45, 2.75) is 51.7 Å². The number of carbonyl (C=O) groups is 2. The fraction of sp³-hybridized carbons (Fsp3) is 0.333. The Morgan fingerprint density at radius 1 is 0.929 bits per heavy atom. The van der Waals surface area contributed by atoms with Gasteiger partial charge in [-0.1, -0.05) is 36.4 Å². The van der Waals surface area contributed by atoms with Crippen LogP contribution in [0, 0.1) is 0 Å². The number of hydrogen-bond acceptors (Lipinski definition) is 7. The van der Waals surface area contributed by atoms with Crippen LogP contribution in [-0.4, -0.2) is 59.0 Å². The molecule has 2 amide bonds. The third-order valence-corrected chi connectivity index (χ3v) is 7.48. The maximum atomic E-state index is 12.8. The summed E-state index contributed by atoms with van der Waals surface area (Å²) in [7, 11) is 1.60. The number of piperidine rings is 1. The molecule has 0 spiro atoms. The lowest BCUT2D eigenvalue weighted by Crippen LogP contribution is -2.41. The third kappa shape index (κ3) is 7.61. The number of aromatic nitrogens is 2. The highest BCUT2D eigenvalue weighted by molar-refractivity contribution is 5.92. The quantitative estimate of drug-likeness (QED) is 0.245. The average molecular weight is 567 g/mol. The van der Waals surface area contributed by atoms with Crippen molar-refractivity contribution in [1.29, 1.82) is 0 Å². The summed E-state index contributed by atoms with van der Waals surface area (Å²) in [6, 6.07) is 21.4. The van der Waals surface area contributed by atoms with Gasteiger partial charge in [0.25, 0.3) is 0 Å². The van der Waals surface area contributed by atoms with Gasteiger partial charge in [0.1, 0.15) is 17.4 Å². The number of rotatable bonds is 10. The van der Waals surface area contributed by atoms with E-state index in [4.69, 9.17) is 9.72 Å². The average Bonchev–Trinajstić information content (AvgIpc) is 2.98. The minimum absolute atomic E-state index is 0.0793. The molecule has 1 fully saturated rings. The monoisotopic (exact) mass is 566 g/mol. The topological polar surface area (TPSA) is 108 Å². The molecule has 9 heteroatoms. The number of anilines is 3. The van der Waals surface area contributed by atoms with Crippen LogP contribution < -0.4 is 20.7 Å². The molecule has 0 aliphatic carbocycles. The first kappa shape index (κ1) is 29.0. The molecular weight excluding hydrogens is 528 g/mol. The van der Waals surface area contributed by atoms with Crippen LogP contribution in [0.15, 0.2) is 72.9 Å². The number of nitrogens with one attached hydrogen (secondary N) is 3. The zero-order chi connectivity index (χ0) is 29.5. The lowest BCUT2D eigenvalue weighted by Gasteiger charge is -2.34. The number of nitrogens with zero attached hydrogens (tertiary/aromatic N) is 3. The van der Waals surface area contributed by atoms with Crippen LogP contribution in [0.4, 0.5) is 17.3 Å². The van der Waals surface area contributed by atoms with E-state index in [1.807, 2.05) is 66.7 Å². The SMILES string of the molecule is CNC(=O)Cc1cccc(NC(=O)Cc2cccc(Nc3ncc4cccc(OC5CCN(C(C)C)CC5)c4n3)c2)c1. The molecular formula is C33H38N6O3. The van der Waals surface area contributed by atoms with E-state index in [9.17, 15) is 9.59 Å². The van der Waals surface area contributed by atoms with E-state index in [0.717, 1.165) is 59.4 Å². The Balaban J connectivity index is 1.23. The molecule has 0 radical (unpaired) electrons. The number of benzene rings is 3. The number of ether oxygens (including phenoxy) is 1. The fourth-order valence-electron chi connectivity index (χ4n) is 5.19. The molecule has 0 unspecified atom stereocenters. The highest BCUT2D eigenvalue weighted by Crippen LogP contribution is 2.28. The number of fused-ring (bicyclic) bond motifs is 1. The van der Waals surface area contributed by atoms with Crippen LogP contribution >= 0.6 is 0 Å². The highest BCUT2D eigenvalue weighted by Gasteiger charge is 2.23. The normalized spacial score (nSPS) is 14.1. The fourth-order valence-corrected chi connectivity index (χ4v) is 5.19. The minimum Gasteiger partial charge on any atom is -0.488 e. The first-order valence-electron chi connectivity index (χ1n) is 14.5. The molecule has 0 bridgehead atoms. The number of likely N-dealkylation sites (tertiary alicyclic amines) is 1. The molecule has 218 valence electrons. The van der Waals surface area contributed by atoms with Gasteiger partial charge in [-0.2, -0.15) is 0 Å². The van der Waals surface area contributed by atoms with Crippen molar-refractivity contribution in [2.75, 3.05) is 30.8 Å². The molecule has 1 saturated heterocycles. The molecule has 0 saturated carbocycles. The van der Waals surface area contributed by atoms with Crippen LogP contribution in [-0.2, 0) is 22.4 Å². The molecule has 4 aromatic rings. The molecule has 1 aliphatic rings. The summed E-state index contributed by atoms with van der Waals surface area (Å²) in [5, 5.41) is 9.74. The lowest BCUT2D eigenvalue weighted by molar-refractivity contribution is -0.120. The number of para-hydroxylation sites is 1. The summed E-state index contributed by atoms with van der Waals surface area (Å²) < 4.78 is 6.44. The van der Waals surface area contributed by atoms with E-state index in [1.165, 1.54) is 0 Å². The number of hydrogen-bond donors (Lipinski definition) is 3. The van der Waals surface area contributed by atoms with Gasteiger partial charge in [0.2, 0.25) is 17.8 Å². The van der Waals surface area contributed by atoms with Gasteiger partial charge in [-0.05, 0) is 68.1 Å². The van der Waals surface area contributed by atoms with Crippen LogP contribution in [0.1, 0.15) is 37.8 Å². The van der Waals surface area contributed by atoms with E-state index in [0.29, 0.717) is 17.7 Å². The predicted molar refractivity (Wildman–Crippen MR) is 166 cm³/mol. The standard InChI is InChI=1S/C33H38N6O3/c1-22(2)39-15-13-28(14-16-39)42-29-12-6-9-25-21-35-33(38-32(25)29)37-27-11-5-8-24(18-27)20-31(41)36-26-10-4-7-23(17-26)19-30(40)34-3/h4-12,17-18,21-22,28H,13-16,19-20H2,1-3H3,(H,34,40)(H,36,41)(H,35,37,38). The summed E-state index contributed by atoms with van der Waals surface area (Å²) in [5.41, 5.74) is 3.89. The van der Waals surface area contributed by atoms with E-state index in [1.54, 1.807) is 13.2 Å². The molecule has 1 aliphatic heterocycles. The lowest BCUT2D eigenvalue weighted by atomic mass is 10.1. The van der Waals surface area contributed by atoms with E-state index in [-0.39, 0.29) is 30.8 Å². The molecule has 3 aromatic carbocycles. The van der Waals surface area contributed by atoms with Crippen LogP contribution in [0.5, 0.6) is 5.75 Å². The molecule has 0 atom stereocenters. The molecule has 9 nitrogen and oxygen atoms in total. The van der Waals surface area contributed by atoms with Gasteiger partial charge in [-0.3, -0.25) is 9.59 Å². The Kier molecular flexibility index (Phi) is 9.28. The van der Waals surface area contributed by atoms with Crippen molar-refractivity contribution in [2.24, 2.45) is 0 Å². The van der Waals surface area contributed by atoms with Crippen molar-refractivity contribution in [3.63, 3.8) is 0 Å². The second-order valence-corrected chi connectivity index (χ2v) is 10.9. The van der Waals surface area contributed by atoms with Gasteiger partial charge in [0, 0.05) is 49.1 Å². The van der Waals surface area contributed by atoms with E-state index in [2.05, 4.69) is 39.7 Å². The molecule has 2 heterocycles. The minimum atomic E-state index is -0.146. The Labute approximate surface area is 246 Å². The Morgan fingerprint density at radius 3 is 2.31 bits per heavy atom. The van der Waals surface area contributed by atoms with E-state index >= 15 is 0 Å². The van der Waals surface area contributed by atoms with Crippen LogP contribution in [0.3, 0.4) is 0 Å². The number of amides is 2. The molecule has 5 rings (SSSR count). The summed E-state index contributed by atoms with van der Waals surface area (Å²) in [6.45, 7) is 6.54.